The van der Waals surface area contributed by atoms with Crippen molar-refractivity contribution in [1.29, 1.82) is 0 Å². The molecule has 5 heteroatoms. The molecule has 94 valence electrons. The summed E-state index contributed by atoms with van der Waals surface area (Å²) in [5.74, 6) is 1.40. The summed E-state index contributed by atoms with van der Waals surface area (Å²) in [5.41, 5.74) is 1.95. The third-order valence-corrected chi connectivity index (χ3v) is 3.41. The molecule has 1 N–H and O–H groups in total. The van der Waals surface area contributed by atoms with Crippen LogP contribution in [0.25, 0.3) is 0 Å². The molecule has 18 heavy (non-hydrogen) atoms. The maximum atomic E-state index is 5.83. The van der Waals surface area contributed by atoms with E-state index in [-0.39, 0.29) is 0 Å². The highest BCUT2D eigenvalue weighted by atomic mass is 35.5. The number of aromatic nitrogens is 2. The van der Waals surface area contributed by atoms with E-state index in [0.717, 1.165) is 27.2 Å². The van der Waals surface area contributed by atoms with Crippen LogP contribution in [-0.4, -0.2) is 15.8 Å². The fourth-order valence-corrected chi connectivity index (χ4v) is 2.34. The quantitative estimate of drug-likeness (QED) is 0.680. The van der Waals surface area contributed by atoms with Gasteiger partial charge in [0.25, 0.3) is 0 Å². The summed E-state index contributed by atoms with van der Waals surface area (Å²) >= 11 is 7.52. The molecule has 0 aliphatic heterocycles. The lowest BCUT2D eigenvalue weighted by atomic mass is 10.4. The molecule has 0 amide bonds. The van der Waals surface area contributed by atoms with Gasteiger partial charge in [-0.1, -0.05) is 11.6 Å². The lowest BCUT2D eigenvalue weighted by Gasteiger charge is -2.06. The fraction of sp³-hybridized carbons (Fsp3) is 0.231. The van der Waals surface area contributed by atoms with Gasteiger partial charge >= 0.3 is 0 Å². The normalized spacial score (nSPS) is 10.4. The third kappa shape index (κ3) is 3.89. The van der Waals surface area contributed by atoms with Crippen LogP contribution in [0.2, 0.25) is 5.02 Å². The van der Waals surface area contributed by atoms with E-state index < -0.39 is 0 Å². The van der Waals surface area contributed by atoms with Crippen molar-refractivity contribution in [2.45, 2.75) is 18.7 Å². The van der Waals surface area contributed by atoms with E-state index in [1.807, 2.05) is 44.2 Å². The molecule has 0 saturated carbocycles. The molecule has 0 radical (unpaired) electrons. The Morgan fingerprint density at radius 1 is 1.11 bits per heavy atom. The van der Waals surface area contributed by atoms with E-state index in [1.54, 1.807) is 11.8 Å². The number of anilines is 1. The van der Waals surface area contributed by atoms with E-state index >= 15 is 0 Å². The zero-order valence-corrected chi connectivity index (χ0v) is 11.8. The third-order valence-electron chi connectivity index (χ3n) is 2.27. The largest absolute Gasteiger partial charge is 0.345 e. The van der Waals surface area contributed by atoms with E-state index in [0.29, 0.717) is 5.95 Å². The molecule has 1 aromatic heterocycles. The summed E-state index contributed by atoms with van der Waals surface area (Å²) in [7, 11) is 0. The number of rotatable bonds is 4. The first-order valence-corrected chi connectivity index (χ1v) is 6.94. The van der Waals surface area contributed by atoms with Gasteiger partial charge in [0.1, 0.15) is 0 Å². The van der Waals surface area contributed by atoms with E-state index in [1.165, 1.54) is 0 Å². The minimum absolute atomic E-state index is 0.675. The number of nitrogens with one attached hydrogen (secondary N) is 1. The lowest BCUT2D eigenvalue weighted by Crippen LogP contribution is -2.04. The molecular weight excluding hydrogens is 266 g/mol. The average molecular weight is 280 g/mol. The molecule has 3 nitrogen and oxygen atoms in total. The summed E-state index contributed by atoms with van der Waals surface area (Å²) in [6.07, 6.45) is 0. The summed E-state index contributed by atoms with van der Waals surface area (Å²) in [6.45, 7) is 3.93. The van der Waals surface area contributed by atoms with Gasteiger partial charge in [0.15, 0.2) is 0 Å². The Balaban J connectivity index is 1.90. The minimum Gasteiger partial charge on any atom is -0.345 e. The maximum Gasteiger partial charge on any atom is 0.223 e. The van der Waals surface area contributed by atoms with Crippen LogP contribution in [0.1, 0.15) is 11.4 Å². The smallest absolute Gasteiger partial charge is 0.223 e. The van der Waals surface area contributed by atoms with Crippen LogP contribution in [0.3, 0.4) is 0 Å². The van der Waals surface area contributed by atoms with Gasteiger partial charge in [-0.25, -0.2) is 9.97 Å². The molecule has 0 aliphatic rings. The zero-order chi connectivity index (χ0) is 13.0. The zero-order valence-electron chi connectivity index (χ0n) is 10.3. The molecule has 2 rings (SSSR count). The molecule has 0 saturated heterocycles. The topological polar surface area (TPSA) is 37.8 Å². The highest BCUT2D eigenvalue weighted by Gasteiger charge is 1.99. The summed E-state index contributed by atoms with van der Waals surface area (Å²) in [4.78, 5) is 9.81. The highest BCUT2D eigenvalue weighted by Crippen LogP contribution is 2.20. The Hall–Kier alpha value is -1.26. The summed E-state index contributed by atoms with van der Waals surface area (Å²) in [6, 6.07) is 9.72. The summed E-state index contributed by atoms with van der Waals surface area (Å²) < 4.78 is 0. The van der Waals surface area contributed by atoms with Gasteiger partial charge in [0.05, 0.1) is 5.88 Å². The van der Waals surface area contributed by atoms with Gasteiger partial charge in [-0.2, -0.15) is 0 Å². The monoisotopic (exact) mass is 279 g/mol. The van der Waals surface area contributed by atoms with E-state index in [9.17, 15) is 0 Å². The molecule has 2 aromatic rings. The fourth-order valence-electron chi connectivity index (χ4n) is 1.52. The van der Waals surface area contributed by atoms with Gasteiger partial charge in [-0.05, 0) is 44.2 Å². The second-order valence-corrected chi connectivity index (χ2v) is 5.38. The first-order valence-electron chi connectivity index (χ1n) is 5.58. The van der Waals surface area contributed by atoms with Crippen molar-refractivity contribution in [3.8, 4) is 0 Å². The Morgan fingerprint density at radius 3 is 2.33 bits per heavy atom. The molecule has 1 aromatic carbocycles. The number of thioether (sulfide) groups is 1. The Kier molecular flexibility index (Phi) is 4.44. The van der Waals surface area contributed by atoms with Crippen molar-refractivity contribution in [3.63, 3.8) is 0 Å². The Labute approximate surface area is 116 Å². The van der Waals surface area contributed by atoms with Gasteiger partial charge in [-0.3, -0.25) is 0 Å². The first kappa shape index (κ1) is 13.2. The number of aryl methyl sites for hydroxylation is 2. The SMILES string of the molecule is Cc1cc(C)nc(NCSc2ccc(Cl)cc2)n1. The lowest BCUT2D eigenvalue weighted by molar-refractivity contribution is 1.05. The second kappa shape index (κ2) is 6.07. The maximum absolute atomic E-state index is 5.83. The van der Waals surface area contributed by atoms with Crippen molar-refractivity contribution in [2.75, 3.05) is 11.2 Å². The van der Waals surface area contributed by atoms with Crippen LogP contribution in [0.4, 0.5) is 5.95 Å². The van der Waals surface area contributed by atoms with Crippen molar-refractivity contribution in [3.05, 3.63) is 46.7 Å². The van der Waals surface area contributed by atoms with Crippen LogP contribution in [0, 0.1) is 13.8 Å². The number of hydrogen-bond acceptors (Lipinski definition) is 4. The Bertz CT molecular complexity index is 508. The van der Waals surface area contributed by atoms with Gasteiger partial charge < -0.3 is 5.32 Å². The number of nitrogens with zero attached hydrogens (tertiary/aromatic N) is 2. The first-order chi connectivity index (χ1) is 8.63. The number of hydrogen-bond donors (Lipinski definition) is 1. The average Bonchev–Trinajstić information content (AvgIpc) is 2.30. The minimum atomic E-state index is 0.675. The van der Waals surface area contributed by atoms with Crippen molar-refractivity contribution in [2.24, 2.45) is 0 Å². The van der Waals surface area contributed by atoms with Gasteiger partial charge in [0.2, 0.25) is 5.95 Å². The highest BCUT2D eigenvalue weighted by molar-refractivity contribution is 7.99. The van der Waals surface area contributed by atoms with E-state index in [2.05, 4.69) is 15.3 Å². The van der Waals surface area contributed by atoms with Gasteiger partial charge in [0, 0.05) is 21.3 Å². The number of halogens is 1. The molecule has 0 spiro atoms. The molecular formula is C13H14ClN3S. The van der Waals surface area contributed by atoms with Gasteiger partial charge in [-0.15, -0.1) is 11.8 Å². The van der Waals surface area contributed by atoms with Crippen molar-refractivity contribution >= 4 is 29.3 Å². The van der Waals surface area contributed by atoms with Crippen LogP contribution in [0.15, 0.2) is 35.2 Å². The molecule has 0 atom stereocenters. The van der Waals surface area contributed by atoms with Crippen molar-refractivity contribution in [1.82, 2.24) is 9.97 Å². The molecule has 1 heterocycles. The molecule has 0 bridgehead atoms. The van der Waals surface area contributed by atoms with Crippen LogP contribution < -0.4 is 5.32 Å². The predicted octanol–water partition coefficient (Wildman–Crippen LogP) is 3.91. The second-order valence-electron chi connectivity index (χ2n) is 3.89. The van der Waals surface area contributed by atoms with Crippen LogP contribution in [-0.2, 0) is 0 Å². The Morgan fingerprint density at radius 2 is 1.72 bits per heavy atom. The van der Waals surface area contributed by atoms with Crippen molar-refractivity contribution < 1.29 is 0 Å². The van der Waals surface area contributed by atoms with Crippen LogP contribution in [0.5, 0.6) is 0 Å². The predicted molar refractivity (Wildman–Crippen MR) is 77.3 cm³/mol. The number of benzene rings is 1. The summed E-state index contributed by atoms with van der Waals surface area (Å²) in [5, 5.41) is 3.95. The van der Waals surface area contributed by atoms with Crippen LogP contribution >= 0.6 is 23.4 Å². The van der Waals surface area contributed by atoms with E-state index in [4.69, 9.17) is 11.6 Å². The molecule has 0 fully saturated rings. The molecule has 0 aliphatic carbocycles. The standard InChI is InChI=1S/C13H14ClN3S/c1-9-7-10(2)17-13(16-9)15-8-18-12-5-3-11(14)4-6-12/h3-7H,8H2,1-2H3,(H,15,16,17). The molecule has 0 unspecified atom stereocenters.